The Morgan fingerprint density at radius 3 is 2.44 bits per heavy atom. The lowest BCUT2D eigenvalue weighted by atomic mass is 9.93. The van der Waals surface area contributed by atoms with Crippen LogP contribution in [0.1, 0.15) is 25.0 Å². The third kappa shape index (κ3) is 5.59. The van der Waals surface area contributed by atoms with Crippen molar-refractivity contribution < 1.29 is 26.7 Å². The maximum absolute atomic E-state index is 15.0. The zero-order valence-corrected chi connectivity index (χ0v) is 22.7. The molecular weight excluding hydrogens is 561 g/mol. The van der Waals surface area contributed by atoms with Gasteiger partial charge in [-0.15, -0.1) is 11.8 Å². The van der Waals surface area contributed by atoms with E-state index in [1.807, 2.05) is 0 Å². The fourth-order valence-electron chi connectivity index (χ4n) is 5.07. The lowest BCUT2D eigenvalue weighted by Gasteiger charge is -2.45. The van der Waals surface area contributed by atoms with Gasteiger partial charge in [-0.05, 0) is 32.1 Å². The van der Waals surface area contributed by atoms with E-state index < -0.39 is 45.6 Å². The van der Waals surface area contributed by atoms with Gasteiger partial charge in [-0.2, -0.15) is 13.2 Å². The Hall–Kier alpha value is -2.83. The van der Waals surface area contributed by atoms with Gasteiger partial charge in [0.2, 0.25) is 5.91 Å². The molecule has 2 aromatic carbocycles. The molecule has 2 unspecified atom stereocenters. The number of amides is 1. The summed E-state index contributed by atoms with van der Waals surface area (Å²) in [5, 5.41) is 11.5. The Kier molecular flexibility index (Phi) is 8.21. The number of halogens is 6. The number of piperazine rings is 1. The minimum atomic E-state index is -4.95. The molecule has 0 bridgehead atoms. The predicted octanol–water partition coefficient (Wildman–Crippen LogP) is 5.58. The van der Waals surface area contributed by atoms with Crippen LogP contribution in [0.5, 0.6) is 0 Å². The van der Waals surface area contributed by atoms with Crippen molar-refractivity contribution in [1.29, 1.82) is 5.41 Å². The van der Waals surface area contributed by atoms with Crippen LogP contribution in [0.3, 0.4) is 0 Å². The van der Waals surface area contributed by atoms with E-state index in [0.29, 0.717) is 6.07 Å². The van der Waals surface area contributed by atoms with Gasteiger partial charge in [-0.1, -0.05) is 18.2 Å². The Balaban J connectivity index is 1.91. The largest absolute Gasteiger partial charge is 0.417 e. The summed E-state index contributed by atoms with van der Waals surface area (Å²) < 4.78 is 72.6. The van der Waals surface area contributed by atoms with Crippen molar-refractivity contribution in [3.63, 3.8) is 0 Å². The topological polar surface area (TPSA) is 85.5 Å². The molecule has 13 heteroatoms. The lowest BCUT2D eigenvalue weighted by molar-refractivity contribution is -0.137. The first-order valence-corrected chi connectivity index (χ1v) is 13.4. The maximum atomic E-state index is 15.0. The van der Waals surface area contributed by atoms with Crippen LogP contribution in [-0.4, -0.2) is 65.1 Å². The van der Waals surface area contributed by atoms with E-state index in [0.717, 1.165) is 23.9 Å². The number of carbonyl (C=O) groups excluding carboxylic acids is 1. The molecule has 0 saturated carbocycles. The Bertz CT molecular complexity index is 1330. The molecule has 0 spiro atoms. The highest BCUT2D eigenvalue weighted by molar-refractivity contribution is 7.99. The van der Waals surface area contributed by atoms with Crippen molar-refractivity contribution in [2.24, 2.45) is 5.73 Å². The summed E-state index contributed by atoms with van der Waals surface area (Å²) in [7, 11) is 0. The number of nitrogens with two attached hydrogens (primary N) is 1. The third-order valence-corrected chi connectivity index (χ3v) is 8.35. The molecule has 1 amide bonds. The van der Waals surface area contributed by atoms with Crippen molar-refractivity contribution in [2.45, 2.75) is 43.0 Å². The van der Waals surface area contributed by atoms with Crippen molar-refractivity contribution in [1.82, 2.24) is 9.80 Å². The standard InChI is InChI=1S/C26H27ClF5N5OS/c1-4-21(38)37-12(2)9-36(10-13(37)3)25(34)16-5-17(26(30,31)32)22(15-6-18(27)20(29)7-19(15)28)24-23(16)35-8-14(33)11-39-24/h4-7,12-14,34-35H,1,8-11,33H2,2-3H3/t12-,13?,14?/m0/s1. The van der Waals surface area contributed by atoms with Crippen LogP contribution >= 0.6 is 23.4 Å². The number of anilines is 1. The molecule has 0 aliphatic carbocycles. The number of alkyl halides is 3. The first-order chi connectivity index (χ1) is 18.2. The second-order valence-corrected chi connectivity index (χ2v) is 11.1. The second-order valence-electron chi connectivity index (χ2n) is 9.65. The molecule has 2 heterocycles. The van der Waals surface area contributed by atoms with Crippen molar-refractivity contribution in [3.8, 4) is 11.1 Å². The highest BCUT2D eigenvalue weighted by Gasteiger charge is 2.40. The molecule has 4 N–H and O–H groups in total. The number of nitrogens with one attached hydrogen (secondary N) is 2. The summed E-state index contributed by atoms with van der Waals surface area (Å²) in [5.74, 6) is -2.54. The van der Waals surface area contributed by atoms with Gasteiger partial charge in [0.1, 0.15) is 17.5 Å². The monoisotopic (exact) mass is 587 g/mol. The molecule has 2 aliphatic rings. The number of rotatable bonds is 3. The van der Waals surface area contributed by atoms with E-state index in [1.54, 1.807) is 23.6 Å². The van der Waals surface area contributed by atoms with Crippen molar-refractivity contribution in [3.05, 3.63) is 58.6 Å². The second kappa shape index (κ2) is 11.0. The molecule has 1 fully saturated rings. The van der Waals surface area contributed by atoms with Crippen LogP contribution < -0.4 is 11.1 Å². The number of nitrogens with zero attached hydrogens (tertiary/aromatic N) is 2. The lowest BCUT2D eigenvalue weighted by Crippen LogP contribution is -2.59. The summed E-state index contributed by atoms with van der Waals surface area (Å²) in [4.78, 5) is 15.6. The Morgan fingerprint density at radius 2 is 1.85 bits per heavy atom. The normalized spacial score (nSPS) is 21.6. The molecule has 0 aromatic heterocycles. The van der Waals surface area contributed by atoms with E-state index in [4.69, 9.17) is 22.7 Å². The fraction of sp³-hybridized carbons (Fsp3) is 0.385. The average Bonchev–Trinajstić information content (AvgIpc) is 3.05. The van der Waals surface area contributed by atoms with Gasteiger partial charge in [0.15, 0.2) is 0 Å². The van der Waals surface area contributed by atoms with Crippen LogP contribution in [0.4, 0.5) is 27.6 Å². The summed E-state index contributed by atoms with van der Waals surface area (Å²) in [6.45, 7) is 7.71. The summed E-state index contributed by atoms with van der Waals surface area (Å²) in [6, 6.07) is 0.979. The van der Waals surface area contributed by atoms with Crippen molar-refractivity contribution in [2.75, 3.05) is 30.7 Å². The number of thioether (sulfide) groups is 1. The molecule has 4 rings (SSSR count). The number of hydrogen-bond donors (Lipinski definition) is 3. The van der Waals surface area contributed by atoms with Gasteiger partial charge in [-0.25, -0.2) is 8.78 Å². The molecule has 0 radical (unpaired) electrons. The highest BCUT2D eigenvalue weighted by Crippen LogP contribution is 2.49. The van der Waals surface area contributed by atoms with Crippen LogP contribution in [0.2, 0.25) is 5.02 Å². The Labute approximate surface area is 231 Å². The van der Waals surface area contributed by atoms with Gasteiger partial charge in [0, 0.05) is 71.2 Å². The number of fused-ring (bicyclic) bond motifs is 1. The van der Waals surface area contributed by atoms with Crippen LogP contribution in [0.15, 0.2) is 35.7 Å². The molecule has 210 valence electrons. The van der Waals surface area contributed by atoms with Gasteiger partial charge >= 0.3 is 6.18 Å². The van der Waals surface area contributed by atoms with Gasteiger partial charge in [0.05, 0.1) is 16.3 Å². The minimum absolute atomic E-state index is 0.0423. The number of amidine groups is 1. The Morgan fingerprint density at radius 1 is 1.21 bits per heavy atom. The first kappa shape index (κ1) is 29.2. The predicted molar refractivity (Wildman–Crippen MR) is 143 cm³/mol. The van der Waals surface area contributed by atoms with E-state index in [1.165, 1.54) is 6.08 Å². The van der Waals surface area contributed by atoms with Crippen LogP contribution in [-0.2, 0) is 11.0 Å². The molecule has 3 atom stereocenters. The molecule has 39 heavy (non-hydrogen) atoms. The van der Waals surface area contributed by atoms with Crippen LogP contribution in [0, 0.1) is 17.0 Å². The SMILES string of the molecule is C=CC(=O)N1C(C)CN(C(=N)c2cc(C(F)(F)F)c(-c3cc(Cl)c(F)cc3F)c3c2NCC(N)CS3)C[C@@H]1C. The minimum Gasteiger partial charge on any atom is -0.382 e. The van der Waals surface area contributed by atoms with E-state index in [9.17, 15) is 26.7 Å². The zero-order valence-electron chi connectivity index (χ0n) is 21.1. The molecule has 2 aromatic rings. The number of benzene rings is 2. The summed E-state index contributed by atoms with van der Waals surface area (Å²) in [5.41, 5.74) is 4.07. The summed E-state index contributed by atoms with van der Waals surface area (Å²) in [6.07, 6.45) is -3.75. The quantitative estimate of drug-likeness (QED) is 0.144. The van der Waals surface area contributed by atoms with E-state index in [-0.39, 0.29) is 65.4 Å². The maximum Gasteiger partial charge on any atom is 0.417 e. The molecule has 1 saturated heterocycles. The molecular formula is C26H27ClF5N5OS. The number of hydrogen-bond acceptors (Lipinski definition) is 5. The smallest absolute Gasteiger partial charge is 0.382 e. The van der Waals surface area contributed by atoms with Gasteiger partial charge in [-0.3, -0.25) is 10.2 Å². The molecule has 6 nitrogen and oxygen atoms in total. The van der Waals surface area contributed by atoms with Gasteiger partial charge in [0.25, 0.3) is 0 Å². The van der Waals surface area contributed by atoms with E-state index >= 15 is 0 Å². The van der Waals surface area contributed by atoms with Crippen molar-refractivity contribution >= 4 is 40.8 Å². The highest BCUT2D eigenvalue weighted by atomic mass is 35.5. The fourth-order valence-corrected chi connectivity index (χ4v) is 6.42. The molecule has 2 aliphatic heterocycles. The first-order valence-electron chi connectivity index (χ1n) is 12.1. The summed E-state index contributed by atoms with van der Waals surface area (Å²) >= 11 is 6.86. The van der Waals surface area contributed by atoms with Crippen LogP contribution in [0.25, 0.3) is 11.1 Å². The third-order valence-electron chi connectivity index (χ3n) is 6.77. The zero-order chi connectivity index (χ0) is 28.8. The van der Waals surface area contributed by atoms with Gasteiger partial charge < -0.3 is 20.9 Å². The van der Waals surface area contributed by atoms with E-state index in [2.05, 4.69) is 11.9 Å². The average molecular weight is 588 g/mol. The number of carbonyl (C=O) groups is 1.